The van der Waals surface area contributed by atoms with E-state index in [1.165, 1.54) is 25.3 Å². The number of nitrogens with zero attached hydrogens (tertiary/aromatic N) is 3. The highest BCUT2D eigenvalue weighted by molar-refractivity contribution is 9.10. The standard InChI is InChI=1S/C36H38BrF3N4O/c1-24(25-9-4-2-5-10-25)41-35(45)33-30-22-28(37)13-14-32(30)42-34(26-11-8-12-27(21-26)36(38,39)40)31(33)23-43-19-15-29(16-20-43)44-17-6-3-7-18-44/h2,4-5,8-14,21-22,24,29H,3,6-7,15-20,23H2,1H3,(H,41,45)/t24-/m0/s1. The monoisotopic (exact) mass is 678 g/mol. The normalized spacial score (nSPS) is 17.8. The fourth-order valence-corrected chi connectivity index (χ4v) is 7.17. The number of carbonyl (C=O) groups is 1. The van der Waals surface area contributed by atoms with Crippen LogP contribution in [0.2, 0.25) is 0 Å². The first-order chi connectivity index (χ1) is 21.7. The molecule has 1 aromatic heterocycles. The molecule has 0 saturated carbocycles. The molecule has 0 unspecified atom stereocenters. The lowest BCUT2D eigenvalue weighted by atomic mass is 9.93. The Bertz CT molecular complexity index is 1650. The van der Waals surface area contributed by atoms with Crippen LogP contribution in [0.5, 0.6) is 0 Å². The smallest absolute Gasteiger partial charge is 0.345 e. The molecule has 2 fully saturated rings. The van der Waals surface area contributed by atoms with Crippen LogP contribution < -0.4 is 5.32 Å². The molecule has 2 aliphatic heterocycles. The number of pyridine rings is 1. The molecule has 3 heterocycles. The highest BCUT2D eigenvalue weighted by Crippen LogP contribution is 2.37. The van der Waals surface area contributed by atoms with Crippen LogP contribution in [0.15, 0.2) is 77.3 Å². The van der Waals surface area contributed by atoms with Crippen molar-refractivity contribution in [2.45, 2.75) is 63.8 Å². The van der Waals surface area contributed by atoms with Crippen LogP contribution in [0, 0.1) is 0 Å². The molecule has 0 radical (unpaired) electrons. The van der Waals surface area contributed by atoms with Crippen LogP contribution in [0.25, 0.3) is 22.2 Å². The SMILES string of the molecule is C[C@H](NC(=O)c1c(CN2CCC(N3CCCCC3)CC2)c(-c2cccc(C(F)(F)F)c2)nc2ccc(Br)cc12)c1ccccc1. The Morgan fingerprint density at radius 1 is 0.956 bits per heavy atom. The molecule has 2 aliphatic rings. The molecular formula is C36H38BrF3N4O. The first-order valence-corrected chi connectivity index (χ1v) is 16.6. The lowest BCUT2D eigenvalue weighted by molar-refractivity contribution is -0.137. The molecule has 0 bridgehead atoms. The van der Waals surface area contributed by atoms with Crippen LogP contribution in [0.3, 0.4) is 0 Å². The van der Waals surface area contributed by atoms with Crippen LogP contribution in [0.1, 0.15) is 72.1 Å². The van der Waals surface area contributed by atoms with Crippen molar-refractivity contribution < 1.29 is 18.0 Å². The molecule has 6 rings (SSSR count). The maximum Gasteiger partial charge on any atom is 0.416 e. The van der Waals surface area contributed by atoms with Crippen molar-refractivity contribution in [2.24, 2.45) is 0 Å². The van der Waals surface area contributed by atoms with Crippen molar-refractivity contribution in [3.8, 4) is 11.3 Å². The van der Waals surface area contributed by atoms with E-state index in [2.05, 4.69) is 31.0 Å². The van der Waals surface area contributed by atoms with Crippen molar-refractivity contribution in [3.63, 3.8) is 0 Å². The number of alkyl halides is 3. The van der Waals surface area contributed by atoms with Crippen LogP contribution >= 0.6 is 15.9 Å². The largest absolute Gasteiger partial charge is 0.416 e. The molecule has 236 valence electrons. The summed E-state index contributed by atoms with van der Waals surface area (Å²) in [5.74, 6) is -0.275. The number of piperidine rings is 2. The summed E-state index contributed by atoms with van der Waals surface area (Å²) in [4.78, 5) is 24.2. The van der Waals surface area contributed by atoms with Gasteiger partial charge in [0.1, 0.15) is 0 Å². The molecular weight excluding hydrogens is 641 g/mol. The van der Waals surface area contributed by atoms with Crippen molar-refractivity contribution >= 4 is 32.7 Å². The van der Waals surface area contributed by atoms with Gasteiger partial charge in [0.2, 0.25) is 0 Å². The Hall–Kier alpha value is -3.27. The molecule has 9 heteroatoms. The second-order valence-electron chi connectivity index (χ2n) is 12.3. The number of nitrogens with one attached hydrogen (secondary N) is 1. The van der Waals surface area contributed by atoms with Gasteiger partial charge in [-0.15, -0.1) is 0 Å². The quantitative estimate of drug-likeness (QED) is 0.213. The predicted octanol–water partition coefficient (Wildman–Crippen LogP) is 8.62. The van der Waals surface area contributed by atoms with Gasteiger partial charge >= 0.3 is 6.18 Å². The highest BCUT2D eigenvalue weighted by Gasteiger charge is 2.32. The average molecular weight is 680 g/mol. The van der Waals surface area contributed by atoms with Gasteiger partial charge in [0, 0.05) is 33.6 Å². The third-order valence-corrected chi connectivity index (χ3v) is 9.72. The molecule has 0 aliphatic carbocycles. The summed E-state index contributed by atoms with van der Waals surface area (Å²) >= 11 is 3.57. The van der Waals surface area contributed by atoms with Crippen LogP contribution in [-0.4, -0.2) is 52.9 Å². The van der Waals surface area contributed by atoms with Gasteiger partial charge in [-0.3, -0.25) is 9.69 Å². The van der Waals surface area contributed by atoms with E-state index in [-0.39, 0.29) is 11.9 Å². The van der Waals surface area contributed by atoms with Gasteiger partial charge in [-0.1, -0.05) is 64.8 Å². The van der Waals surface area contributed by atoms with Crippen molar-refractivity contribution in [1.82, 2.24) is 20.1 Å². The number of benzene rings is 3. The van der Waals surface area contributed by atoms with E-state index >= 15 is 0 Å². The number of rotatable bonds is 7. The fraction of sp³-hybridized carbons (Fsp3) is 0.389. The van der Waals surface area contributed by atoms with E-state index in [4.69, 9.17) is 4.98 Å². The molecule has 0 spiro atoms. The third-order valence-electron chi connectivity index (χ3n) is 9.23. The number of carbonyl (C=O) groups excluding carboxylic acids is 1. The topological polar surface area (TPSA) is 48.5 Å². The summed E-state index contributed by atoms with van der Waals surface area (Å²) in [7, 11) is 0. The van der Waals surface area contributed by atoms with Crippen molar-refractivity contribution in [3.05, 3.63) is 99.5 Å². The number of hydrogen-bond donors (Lipinski definition) is 1. The van der Waals surface area contributed by atoms with E-state index in [9.17, 15) is 18.0 Å². The average Bonchev–Trinajstić information content (AvgIpc) is 3.05. The zero-order valence-electron chi connectivity index (χ0n) is 25.4. The Morgan fingerprint density at radius 2 is 1.69 bits per heavy atom. The summed E-state index contributed by atoms with van der Waals surface area (Å²) in [6.45, 7) is 6.35. The highest BCUT2D eigenvalue weighted by atomic mass is 79.9. The van der Waals surface area contributed by atoms with Gasteiger partial charge in [-0.2, -0.15) is 13.2 Å². The Balaban J connectivity index is 1.43. The van der Waals surface area contributed by atoms with Gasteiger partial charge in [-0.05, 0) is 94.7 Å². The fourth-order valence-electron chi connectivity index (χ4n) is 6.81. The minimum Gasteiger partial charge on any atom is -0.345 e. The molecule has 3 aromatic carbocycles. The van der Waals surface area contributed by atoms with Gasteiger partial charge in [0.25, 0.3) is 5.91 Å². The summed E-state index contributed by atoms with van der Waals surface area (Å²) in [6.07, 6.45) is 1.35. The Kier molecular flexibility index (Phi) is 9.59. The zero-order chi connectivity index (χ0) is 31.6. The molecule has 1 atom stereocenters. The molecule has 1 N–H and O–H groups in total. The summed E-state index contributed by atoms with van der Waals surface area (Å²) in [6, 6.07) is 20.8. The van der Waals surface area contributed by atoms with Crippen molar-refractivity contribution in [2.75, 3.05) is 26.2 Å². The number of amides is 1. The van der Waals surface area contributed by atoms with E-state index in [1.807, 2.05) is 55.5 Å². The van der Waals surface area contributed by atoms with Gasteiger partial charge in [-0.25, -0.2) is 4.98 Å². The maximum absolute atomic E-state index is 14.3. The van der Waals surface area contributed by atoms with Crippen molar-refractivity contribution in [1.29, 1.82) is 0 Å². The van der Waals surface area contributed by atoms with E-state index in [0.29, 0.717) is 45.9 Å². The second kappa shape index (κ2) is 13.6. The van der Waals surface area contributed by atoms with E-state index in [1.54, 1.807) is 6.07 Å². The molecule has 45 heavy (non-hydrogen) atoms. The van der Waals surface area contributed by atoms with Crippen LogP contribution in [-0.2, 0) is 12.7 Å². The number of hydrogen-bond acceptors (Lipinski definition) is 4. The van der Waals surface area contributed by atoms with Crippen LogP contribution in [0.4, 0.5) is 13.2 Å². The number of aromatic nitrogens is 1. The first kappa shape index (κ1) is 31.7. The lowest BCUT2D eigenvalue weighted by Gasteiger charge is -2.40. The molecule has 1 amide bonds. The number of fused-ring (bicyclic) bond motifs is 1. The third kappa shape index (κ3) is 7.26. The Morgan fingerprint density at radius 3 is 2.40 bits per heavy atom. The Labute approximate surface area is 271 Å². The zero-order valence-corrected chi connectivity index (χ0v) is 27.0. The molecule has 4 aromatic rings. The molecule has 5 nitrogen and oxygen atoms in total. The predicted molar refractivity (Wildman–Crippen MR) is 176 cm³/mol. The minimum absolute atomic E-state index is 0.275. The minimum atomic E-state index is -4.50. The summed E-state index contributed by atoms with van der Waals surface area (Å²) in [5.41, 5.74) is 2.63. The lowest BCUT2D eigenvalue weighted by Crippen LogP contribution is -2.46. The van der Waals surface area contributed by atoms with E-state index < -0.39 is 11.7 Å². The number of halogens is 4. The maximum atomic E-state index is 14.3. The van der Waals surface area contributed by atoms with E-state index in [0.717, 1.165) is 61.2 Å². The molecule has 2 saturated heterocycles. The first-order valence-electron chi connectivity index (χ1n) is 15.8. The van der Waals surface area contributed by atoms with Gasteiger partial charge in [0.15, 0.2) is 0 Å². The second-order valence-corrected chi connectivity index (χ2v) is 13.2. The van der Waals surface area contributed by atoms with Gasteiger partial charge in [0.05, 0.1) is 28.4 Å². The summed E-state index contributed by atoms with van der Waals surface area (Å²) < 4.78 is 42.4. The summed E-state index contributed by atoms with van der Waals surface area (Å²) in [5, 5.41) is 3.84. The number of likely N-dealkylation sites (tertiary alicyclic amines) is 2. The van der Waals surface area contributed by atoms with Gasteiger partial charge < -0.3 is 10.2 Å².